The summed E-state index contributed by atoms with van der Waals surface area (Å²) in [6.07, 6.45) is 1.70. The van der Waals surface area contributed by atoms with Crippen molar-refractivity contribution < 1.29 is 9.72 Å². The van der Waals surface area contributed by atoms with Crippen LogP contribution in [0.25, 0.3) is 33.2 Å². The average molecular weight is 465 g/mol. The number of aryl methyl sites for hydroxylation is 2. The minimum absolute atomic E-state index is 0.00698. The minimum atomic E-state index is -0.462. The first-order chi connectivity index (χ1) is 17.0. The summed E-state index contributed by atoms with van der Waals surface area (Å²) in [5, 5.41) is 15.9. The lowest BCUT2D eigenvalue weighted by Gasteiger charge is -2.08. The highest BCUT2D eigenvalue weighted by Gasteiger charge is 2.16. The van der Waals surface area contributed by atoms with E-state index in [0.29, 0.717) is 24.9 Å². The number of hydrogen-bond acceptors (Lipinski definition) is 4. The summed E-state index contributed by atoms with van der Waals surface area (Å²) < 4.78 is 0. The fraction of sp³-hybridized carbons (Fsp3) is 0.143. The van der Waals surface area contributed by atoms with Gasteiger partial charge in [0.2, 0.25) is 5.91 Å². The maximum Gasteiger partial charge on any atom is 0.269 e. The standard InChI is InChI=1S/C28H24N4O3/c1-18-9-15-25-23(17-18)22(28(31-25)26-16-10-19-5-2-3-7-24(19)30-26)6-4-8-27(33)29-20-11-13-21(14-12-20)32(34)35/h2-3,5,7,9-17,31H,4,6,8H2,1H3,(H,29,33). The summed E-state index contributed by atoms with van der Waals surface area (Å²) in [4.78, 5) is 31.3. The number of nitrogens with zero attached hydrogens (tertiary/aromatic N) is 2. The van der Waals surface area contributed by atoms with Crippen molar-refractivity contribution in [2.24, 2.45) is 0 Å². The second kappa shape index (κ2) is 9.38. The molecule has 0 saturated heterocycles. The number of pyridine rings is 1. The van der Waals surface area contributed by atoms with Gasteiger partial charge in [-0.1, -0.05) is 35.9 Å². The van der Waals surface area contributed by atoms with Crippen LogP contribution in [0.2, 0.25) is 0 Å². The fourth-order valence-corrected chi connectivity index (χ4v) is 4.36. The topological polar surface area (TPSA) is 101 Å². The molecule has 0 spiro atoms. The maximum atomic E-state index is 12.5. The maximum absolute atomic E-state index is 12.5. The number of nitrogens with one attached hydrogen (secondary N) is 2. The van der Waals surface area contributed by atoms with Gasteiger partial charge in [-0.15, -0.1) is 0 Å². The van der Waals surface area contributed by atoms with Crippen LogP contribution in [0.1, 0.15) is 24.0 Å². The van der Waals surface area contributed by atoms with Gasteiger partial charge in [0, 0.05) is 40.5 Å². The van der Waals surface area contributed by atoms with Gasteiger partial charge in [0.25, 0.3) is 5.69 Å². The molecule has 0 atom stereocenters. The Balaban J connectivity index is 1.36. The Hall–Kier alpha value is -4.52. The summed E-state index contributed by atoms with van der Waals surface area (Å²) in [5.41, 5.74) is 6.70. The zero-order valence-electron chi connectivity index (χ0n) is 19.2. The third kappa shape index (κ3) is 4.75. The molecule has 2 aromatic heterocycles. The molecule has 35 heavy (non-hydrogen) atoms. The van der Waals surface area contributed by atoms with Crippen LogP contribution in [-0.2, 0) is 11.2 Å². The number of non-ortho nitro benzene ring substituents is 1. The number of anilines is 1. The molecule has 0 bridgehead atoms. The van der Waals surface area contributed by atoms with Crippen molar-refractivity contribution in [1.29, 1.82) is 0 Å². The van der Waals surface area contributed by atoms with Gasteiger partial charge in [-0.25, -0.2) is 4.98 Å². The molecule has 0 aliphatic carbocycles. The summed E-state index contributed by atoms with van der Waals surface area (Å²) in [6.45, 7) is 2.07. The Morgan fingerprint density at radius 3 is 2.63 bits per heavy atom. The van der Waals surface area contributed by atoms with E-state index >= 15 is 0 Å². The molecule has 7 nitrogen and oxygen atoms in total. The predicted octanol–water partition coefficient (Wildman–Crippen LogP) is 6.56. The van der Waals surface area contributed by atoms with Gasteiger partial charge in [-0.05, 0) is 61.7 Å². The zero-order valence-corrected chi connectivity index (χ0v) is 19.2. The van der Waals surface area contributed by atoms with Crippen LogP contribution in [-0.4, -0.2) is 20.8 Å². The monoisotopic (exact) mass is 464 g/mol. The second-order valence-corrected chi connectivity index (χ2v) is 8.62. The number of H-pyrrole nitrogens is 1. The van der Waals surface area contributed by atoms with Crippen LogP contribution in [0.15, 0.2) is 78.9 Å². The van der Waals surface area contributed by atoms with Crippen molar-refractivity contribution >= 4 is 39.1 Å². The van der Waals surface area contributed by atoms with Crippen LogP contribution in [0, 0.1) is 17.0 Å². The van der Waals surface area contributed by atoms with Gasteiger partial charge in [0.1, 0.15) is 0 Å². The fourth-order valence-electron chi connectivity index (χ4n) is 4.36. The number of aromatic nitrogens is 2. The number of benzene rings is 3. The number of aromatic amines is 1. The summed E-state index contributed by atoms with van der Waals surface area (Å²) in [5.74, 6) is -0.125. The van der Waals surface area contributed by atoms with Crippen molar-refractivity contribution in [3.63, 3.8) is 0 Å². The molecule has 0 radical (unpaired) electrons. The van der Waals surface area contributed by atoms with Crippen molar-refractivity contribution in [2.45, 2.75) is 26.2 Å². The van der Waals surface area contributed by atoms with E-state index in [1.807, 2.05) is 30.3 Å². The van der Waals surface area contributed by atoms with E-state index < -0.39 is 4.92 Å². The van der Waals surface area contributed by atoms with Crippen LogP contribution in [0.5, 0.6) is 0 Å². The molecule has 7 heteroatoms. The van der Waals surface area contributed by atoms with Gasteiger partial charge in [0.15, 0.2) is 0 Å². The number of rotatable bonds is 7. The van der Waals surface area contributed by atoms with Crippen LogP contribution >= 0.6 is 0 Å². The SMILES string of the molecule is Cc1ccc2[nH]c(-c3ccc4ccccc4n3)c(CCCC(=O)Nc3ccc([N+](=O)[O-])cc3)c2c1. The van der Waals surface area contributed by atoms with Crippen molar-refractivity contribution in [1.82, 2.24) is 9.97 Å². The molecular weight excluding hydrogens is 440 g/mol. The van der Waals surface area contributed by atoms with Gasteiger partial charge >= 0.3 is 0 Å². The Morgan fingerprint density at radius 1 is 1.03 bits per heavy atom. The van der Waals surface area contributed by atoms with E-state index in [1.54, 1.807) is 12.1 Å². The number of fused-ring (bicyclic) bond motifs is 2. The lowest BCUT2D eigenvalue weighted by molar-refractivity contribution is -0.384. The molecule has 0 aliphatic heterocycles. The Kier molecular flexibility index (Phi) is 5.97. The number of para-hydroxylation sites is 1. The van der Waals surface area contributed by atoms with Gasteiger partial charge in [0.05, 0.1) is 21.8 Å². The van der Waals surface area contributed by atoms with E-state index in [-0.39, 0.29) is 11.6 Å². The number of carbonyl (C=O) groups is 1. The lowest BCUT2D eigenvalue weighted by atomic mass is 10.0. The summed E-state index contributed by atoms with van der Waals surface area (Å²) >= 11 is 0. The largest absolute Gasteiger partial charge is 0.353 e. The number of nitro benzene ring substituents is 1. The number of amides is 1. The highest BCUT2D eigenvalue weighted by atomic mass is 16.6. The quantitative estimate of drug-likeness (QED) is 0.210. The third-order valence-electron chi connectivity index (χ3n) is 6.11. The molecule has 174 valence electrons. The van der Waals surface area contributed by atoms with E-state index in [1.165, 1.54) is 17.7 Å². The minimum Gasteiger partial charge on any atom is -0.353 e. The highest BCUT2D eigenvalue weighted by Crippen LogP contribution is 2.32. The molecule has 5 rings (SSSR count). The molecule has 3 aromatic carbocycles. The van der Waals surface area contributed by atoms with Crippen molar-refractivity contribution in [3.05, 3.63) is 100 Å². The number of nitro groups is 1. The smallest absolute Gasteiger partial charge is 0.269 e. The number of carbonyl (C=O) groups excluding carboxylic acids is 1. The first kappa shape index (κ1) is 22.3. The van der Waals surface area contributed by atoms with Crippen LogP contribution in [0.3, 0.4) is 0 Å². The zero-order chi connectivity index (χ0) is 24.4. The molecule has 2 heterocycles. The molecule has 1 amide bonds. The predicted molar refractivity (Wildman–Crippen MR) is 138 cm³/mol. The first-order valence-electron chi connectivity index (χ1n) is 11.5. The molecule has 0 aliphatic rings. The van der Waals surface area contributed by atoms with Crippen LogP contribution < -0.4 is 5.32 Å². The van der Waals surface area contributed by atoms with E-state index in [9.17, 15) is 14.9 Å². The normalized spacial score (nSPS) is 11.1. The molecule has 5 aromatic rings. The summed E-state index contributed by atoms with van der Waals surface area (Å²) in [6, 6.07) is 24.3. The van der Waals surface area contributed by atoms with Crippen molar-refractivity contribution in [2.75, 3.05) is 5.32 Å². The lowest BCUT2D eigenvalue weighted by Crippen LogP contribution is -2.11. The molecular formula is C28H24N4O3. The molecule has 0 unspecified atom stereocenters. The van der Waals surface area contributed by atoms with E-state index in [0.717, 1.165) is 38.8 Å². The van der Waals surface area contributed by atoms with Crippen molar-refractivity contribution in [3.8, 4) is 11.4 Å². The highest BCUT2D eigenvalue weighted by molar-refractivity contribution is 5.93. The van der Waals surface area contributed by atoms with Gasteiger partial charge < -0.3 is 10.3 Å². The first-order valence-corrected chi connectivity index (χ1v) is 11.5. The Bertz CT molecular complexity index is 1550. The molecule has 0 fully saturated rings. The number of hydrogen-bond donors (Lipinski definition) is 2. The van der Waals surface area contributed by atoms with E-state index in [4.69, 9.17) is 4.98 Å². The van der Waals surface area contributed by atoms with E-state index in [2.05, 4.69) is 41.5 Å². The molecule has 0 saturated carbocycles. The Morgan fingerprint density at radius 2 is 1.83 bits per heavy atom. The average Bonchev–Trinajstić information content (AvgIpc) is 3.21. The molecule has 2 N–H and O–H groups in total. The van der Waals surface area contributed by atoms with Crippen LogP contribution in [0.4, 0.5) is 11.4 Å². The third-order valence-corrected chi connectivity index (χ3v) is 6.11. The summed E-state index contributed by atoms with van der Waals surface area (Å²) in [7, 11) is 0. The van der Waals surface area contributed by atoms with Gasteiger partial charge in [-0.3, -0.25) is 14.9 Å². The Labute approximate surface area is 202 Å². The second-order valence-electron chi connectivity index (χ2n) is 8.62. The van der Waals surface area contributed by atoms with Gasteiger partial charge in [-0.2, -0.15) is 0 Å².